The Labute approximate surface area is 210 Å². The molecule has 3 unspecified atom stereocenters. The van der Waals surface area contributed by atoms with Crippen LogP contribution in [0.4, 0.5) is 0 Å². The van der Waals surface area contributed by atoms with Crippen LogP contribution in [0.2, 0.25) is 0 Å². The highest BCUT2D eigenvalue weighted by atomic mass is 32.2. The zero-order valence-corrected chi connectivity index (χ0v) is 21.5. The van der Waals surface area contributed by atoms with Gasteiger partial charge in [-0.15, -0.1) is 0 Å². The van der Waals surface area contributed by atoms with Crippen molar-refractivity contribution >= 4 is 28.5 Å². The Kier molecular flexibility index (Phi) is 9.20. The predicted molar refractivity (Wildman–Crippen MR) is 138 cm³/mol. The van der Waals surface area contributed by atoms with Crippen LogP contribution in [0.5, 0.6) is 0 Å². The molecule has 8 heteroatoms. The SMILES string of the molecule is CC(C)c1ccc(CCN2C(=O)C(CS(C)=O)N(CCc3ccccc3)C(=O)CC2C(N)=O)cc1. The summed E-state index contributed by atoms with van der Waals surface area (Å²) in [6, 6.07) is 15.9. The Morgan fingerprint density at radius 1 is 0.971 bits per heavy atom. The van der Waals surface area contributed by atoms with Crippen LogP contribution in [-0.4, -0.2) is 68.9 Å². The lowest BCUT2D eigenvalue weighted by molar-refractivity contribution is -0.142. The molecule has 1 heterocycles. The van der Waals surface area contributed by atoms with Crippen LogP contribution in [0.25, 0.3) is 0 Å². The standard InChI is InChI=1S/C27H35N3O4S/c1-19(2)22-11-9-21(10-12-22)14-16-30-23(26(28)32)17-25(31)29(24(27(30)33)18-35(3)34)15-13-20-7-5-4-6-8-20/h4-12,19,23-24H,13-18H2,1-3H3,(H2,28,32). The van der Waals surface area contributed by atoms with Crippen LogP contribution in [0.3, 0.4) is 0 Å². The molecular formula is C27H35N3O4S. The zero-order chi connectivity index (χ0) is 25.5. The molecule has 2 N–H and O–H groups in total. The van der Waals surface area contributed by atoms with Gasteiger partial charge in [0.15, 0.2) is 0 Å². The van der Waals surface area contributed by atoms with Gasteiger partial charge in [0.25, 0.3) is 0 Å². The second-order valence-corrected chi connectivity index (χ2v) is 10.9. The average Bonchev–Trinajstić information content (AvgIpc) is 2.91. The number of nitrogens with two attached hydrogens (primary N) is 1. The summed E-state index contributed by atoms with van der Waals surface area (Å²) in [4.78, 5) is 42.2. The molecule has 3 amide bonds. The summed E-state index contributed by atoms with van der Waals surface area (Å²) in [5, 5.41) is 0. The van der Waals surface area contributed by atoms with E-state index in [1.54, 1.807) is 0 Å². The van der Waals surface area contributed by atoms with E-state index in [0.29, 0.717) is 25.3 Å². The smallest absolute Gasteiger partial charge is 0.247 e. The van der Waals surface area contributed by atoms with Gasteiger partial charge in [-0.3, -0.25) is 18.6 Å². The van der Waals surface area contributed by atoms with E-state index in [2.05, 4.69) is 26.0 Å². The molecule has 3 atom stereocenters. The number of primary amides is 1. The van der Waals surface area contributed by atoms with E-state index >= 15 is 0 Å². The van der Waals surface area contributed by atoms with Gasteiger partial charge in [0, 0.05) is 30.1 Å². The van der Waals surface area contributed by atoms with Gasteiger partial charge in [0.05, 0.1) is 12.2 Å². The summed E-state index contributed by atoms with van der Waals surface area (Å²) in [6.07, 6.45) is 2.42. The summed E-state index contributed by atoms with van der Waals surface area (Å²) in [5.74, 6) is -0.967. The van der Waals surface area contributed by atoms with Gasteiger partial charge < -0.3 is 15.5 Å². The van der Waals surface area contributed by atoms with Gasteiger partial charge in [0.2, 0.25) is 17.7 Å². The van der Waals surface area contributed by atoms with Crippen LogP contribution >= 0.6 is 0 Å². The second-order valence-electron chi connectivity index (χ2n) is 9.38. The minimum Gasteiger partial charge on any atom is -0.368 e. The fraction of sp³-hybridized carbons (Fsp3) is 0.444. The molecule has 7 nitrogen and oxygen atoms in total. The maximum Gasteiger partial charge on any atom is 0.247 e. The third kappa shape index (κ3) is 7.01. The van der Waals surface area contributed by atoms with E-state index in [9.17, 15) is 18.6 Å². The Balaban J connectivity index is 1.84. The van der Waals surface area contributed by atoms with Crippen molar-refractivity contribution in [3.05, 3.63) is 71.3 Å². The number of hydrogen-bond donors (Lipinski definition) is 1. The molecule has 1 aliphatic heterocycles. The van der Waals surface area contributed by atoms with Gasteiger partial charge in [-0.25, -0.2) is 0 Å². The Hall–Kier alpha value is -3.00. The van der Waals surface area contributed by atoms with Crippen LogP contribution in [0.1, 0.15) is 42.9 Å². The van der Waals surface area contributed by atoms with Gasteiger partial charge >= 0.3 is 0 Å². The monoisotopic (exact) mass is 497 g/mol. The first kappa shape index (κ1) is 26.6. The highest BCUT2D eigenvalue weighted by Gasteiger charge is 2.43. The minimum absolute atomic E-state index is 0.0183. The highest BCUT2D eigenvalue weighted by Crippen LogP contribution is 2.21. The van der Waals surface area contributed by atoms with Crippen molar-refractivity contribution in [2.75, 3.05) is 25.1 Å². The highest BCUT2D eigenvalue weighted by molar-refractivity contribution is 7.84. The first-order chi connectivity index (χ1) is 16.7. The molecule has 0 radical (unpaired) electrons. The number of carbonyl (C=O) groups is 3. The summed E-state index contributed by atoms with van der Waals surface area (Å²) in [6.45, 7) is 4.80. The maximum atomic E-state index is 13.7. The lowest BCUT2D eigenvalue weighted by atomic mass is 10.0. The number of rotatable bonds is 10. The quantitative estimate of drug-likeness (QED) is 0.544. The zero-order valence-electron chi connectivity index (χ0n) is 20.7. The maximum absolute atomic E-state index is 13.7. The van der Waals surface area contributed by atoms with Crippen LogP contribution in [0, 0.1) is 0 Å². The molecule has 1 saturated heterocycles. The molecule has 2 aromatic carbocycles. The van der Waals surface area contributed by atoms with Gasteiger partial charge in [-0.1, -0.05) is 68.4 Å². The van der Waals surface area contributed by atoms with Crippen molar-refractivity contribution < 1.29 is 18.6 Å². The average molecular weight is 498 g/mol. The van der Waals surface area contributed by atoms with Crippen molar-refractivity contribution in [3.8, 4) is 0 Å². The van der Waals surface area contributed by atoms with Crippen molar-refractivity contribution in [1.29, 1.82) is 0 Å². The predicted octanol–water partition coefficient (Wildman–Crippen LogP) is 2.26. The molecule has 2 aromatic rings. The topological polar surface area (TPSA) is 101 Å². The molecule has 0 aliphatic carbocycles. The number of benzene rings is 2. The molecule has 0 bridgehead atoms. The van der Waals surface area contributed by atoms with E-state index in [0.717, 1.165) is 11.1 Å². The van der Waals surface area contributed by atoms with Crippen molar-refractivity contribution in [1.82, 2.24) is 9.80 Å². The lowest BCUT2D eigenvalue weighted by Gasteiger charge is -2.32. The second kappa shape index (κ2) is 12.1. The molecule has 3 rings (SSSR count). The van der Waals surface area contributed by atoms with E-state index in [1.807, 2.05) is 42.5 Å². The third-order valence-corrected chi connectivity index (χ3v) is 7.29. The van der Waals surface area contributed by atoms with E-state index < -0.39 is 28.8 Å². The van der Waals surface area contributed by atoms with Crippen molar-refractivity contribution in [2.24, 2.45) is 5.73 Å². The normalized spacial score (nSPS) is 19.7. The van der Waals surface area contributed by atoms with Crippen LogP contribution in [0.15, 0.2) is 54.6 Å². The number of carbonyl (C=O) groups excluding carboxylic acids is 3. The molecule has 35 heavy (non-hydrogen) atoms. The Morgan fingerprint density at radius 3 is 2.09 bits per heavy atom. The molecule has 0 aromatic heterocycles. The molecule has 0 saturated carbocycles. The van der Waals surface area contributed by atoms with Gasteiger partial charge in [0.1, 0.15) is 12.1 Å². The fourth-order valence-electron chi connectivity index (χ4n) is 4.44. The van der Waals surface area contributed by atoms with E-state index in [-0.39, 0.29) is 30.5 Å². The number of nitrogens with zero attached hydrogens (tertiary/aromatic N) is 2. The first-order valence-electron chi connectivity index (χ1n) is 12.0. The van der Waals surface area contributed by atoms with Gasteiger partial charge in [-0.05, 0) is 35.4 Å². The van der Waals surface area contributed by atoms with E-state index in [4.69, 9.17) is 5.73 Å². The third-order valence-electron chi connectivity index (χ3n) is 6.50. The largest absolute Gasteiger partial charge is 0.368 e. The van der Waals surface area contributed by atoms with Gasteiger partial charge in [-0.2, -0.15) is 0 Å². The molecule has 188 valence electrons. The number of hydrogen-bond acceptors (Lipinski definition) is 4. The molecule has 1 aliphatic rings. The van der Waals surface area contributed by atoms with Crippen LogP contribution < -0.4 is 5.73 Å². The summed E-state index contributed by atoms with van der Waals surface area (Å²) >= 11 is 0. The molecule has 1 fully saturated rings. The Morgan fingerprint density at radius 2 is 1.54 bits per heavy atom. The van der Waals surface area contributed by atoms with Crippen molar-refractivity contribution in [2.45, 2.75) is 51.1 Å². The Bertz CT molecular complexity index is 1060. The lowest BCUT2D eigenvalue weighted by Crippen LogP contribution is -2.54. The summed E-state index contributed by atoms with van der Waals surface area (Å²) < 4.78 is 12.2. The first-order valence-corrected chi connectivity index (χ1v) is 13.7. The number of amides is 3. The van der Waals surface area contributed by atoms with E-state index in [1.165, 1.54) is 21.6 Å². The molecule has 0 spiro atoms. The van der Waals surface area contributed by atoms with Crippen LogP contribution in [-0.2, 0) is 38.0 Å². The van der Waals surface area contributed by atoms with Crippen molar-refractivity contribution in [3.63, 3.8) is 0 Å². The summed E-state index contributed by atoms with van der Waals surface area (Å²) in [5.41, 5.74) is 8.94. The fourth-order valence-corrected chi connectivity index (χ4v) is 5.21. The minimum atomic E-state index is -1.32. The molecular weight excluding hydrogens is 462 g/mol. The summed E-state index contributed by atoms with van der Waals surface area (Å²) in [7, 11) is -1.32.